The Hall–Kier alpha value is -2.12. The number of likely N-dealkylation sites (tertiary alicyclic amines) is 1. The number of thiazole rings is 1. The Morgan fingerprint density at radius 3 is 3.08 bits per heavy atom. The normalized spacial score (nSPS) is 22.2. The molecule has 0 spiro atoms. The van der Waals surface area contributed by atoms with Crippen LogP contribution < -0.4 is 15.2 Å². The molecule has 2 unspecified atom stereocenters. The van der Waals surface area contributed by atoms with E-state index in [1.807, 2.05) is 23.1 Å². The van der Waals surface area contributed by atoms with Crippen LogP contribution in [0.4, 0.5) is 0 Å². The minimum absolute atomic E-state index is 0.0338. The number of nitrogens with zero attached hydrogens (tertiary/aromatic N) is 2. The SMILES string of the molecule is CC1CCCN(C(=O)c2cnc(-c3ccc4c(c3)OCO4)s2)C1CN. The number of benzene rings is 1. The van der Waals surface area contributed by atoms with Crippen LogP contribution in [0.5, 0.6) is 11.5 Å². The van der Waals surface area contributed by atoms with Gasteiger partial charge in [0.15, 0.2) is 11.5 Å². The quantitative estimate of drug-likeness (QED) is 0.912. The number of fused-ring (bicyclic) bond motifs is 1. The fraction of sp³-hybridized carbons (Fsp3) is 0.444. The Bertz CT molecular complexity index is 792. The molecule has 0 bridgehead atoms. The number of carbonyl (C=O) groups excluding carboxylic acids is 1. The molecule has 1 fully saturated rings. The van der Waals surface area contributed by atoms with Gasteiger partial charge in [-0.1, -0.05) is 6.92 Å². The van der Waals surface area contributed by atoms with E-state index in [0.717, 1.165) is 35.7 Å². The van der Waals surface area contributed by atoms with Crippen LogP contribution in [0, 0.1) is 5.92 Å². The van der Waals surface area contributed by atoms with E-state index < -0.39 is 0 Å². The number of rotatable bonds is 3. The van der Waals surface area contributed by atoms with Crippen molar-refractivity contribution in [2.24, 2.45) is 11.7 Å². The van der Waals surface area contributed by atoms with Gasteiger partial charge in [-0.15, -0.1) is 11.3 Å². The maximum absolute atomic E-state index is 12.9. The highest BCUT2D eigenvalue weighted by Crippen LogP contribution is 2.37. The third-order valence-corrected chi connectivity index (χ3v) is 5.99. The molecule has 2 aromatic rings. The molecule has 2 N–H and O–H groups in total. The molecule has 0 radical (unpaired) electrons. The van der Waals surface area contributed by atoms with E-state index in [-0.39, 0.29) is 18.7 Å². The molecule has 6 nitrogen and oxygen atoms in total. The lowest BCUT2D eigenvalue weighted by Gasteiger charge is -2.39. The first-order valence-electron chi connectivity index (χ1n) is 8.54. The van der Waals surface area contributed by atoms with Gasteiger partial charge in [-0.3, -0.25) is 4.79 Å². The molecule has 1 aromatic heterocycles. The average Bonchev–Trinajstić information content (AvgIpc) is 3.29. The molecule has 1 saturated heterocycles. The van der Waals surface area contributed by atoms with Gasteiger partial charge >= 0.3 is 0 Å². The highest BCUT2D eigenvalue weighted by Gasteiger charge is 2.32. The van der Waals surface area contributed by atoms with Gasteiger partial charge < -0.3 is 20.1 Å². The van der Waals surface area contributed by atoms with Crippen molar-refractivity contribution in [3.63, 3.8) is 0 Å². The van der Waals surface area contributed by atoms with Crippen LogP contribution >= 0.6 is 11.3 Å². The standard InChI is InChI=1S/C18H21N3O3S/c1-11-3-2-6-21(13(11)8-19)18(22)16-9-20-17(25-16)12-4-5-14-15(7-12)24-10-23-14/h4-5,7,9,11,13H,2-3,6,8,10,19H2,1H3. The molecule has 7 heteroatoms. The van der Waals surface area contributed by atoms with Crippen LogP contribution in [0.2, 0.25) is 0 Å². The van der Waals surface area contributed by atoms with Crippen molar-refractivity contribution in [3.05, 3.63) is 29.3 Å². The van der Waals surface area contributed by atoms with Crippen molar-refractivity contribution in [1.29, 1.82) is 0 Å². The second kappa shape index (κ2) is 6.65. The lowest BCUT2D eigenvalue weighted by Crippen LogP contribution is -2.51. The van der Waals surface area contributed by atoms with E-state index in [9.17, 15) is 4.79 Å². The largest absolute Gasteiger partial charge is 0.454 e. The number of hydrogen-bond donors (Lipinski definition) is 1. The maximum atomic E-state index is 12.9. The Kier molecular flexibility index (Phi) is 4.35. The van der Waals surface area contributed by atoms with Crippen LogP contribution in [0.1, 0.15) is 29.4 Å². The molecule has 4 rings (SSSR count). The maximum Gasteiger partial charge on any atom is 0.265 e. The first-order chi connectivity index (χ1) is 12.2. The van der Waals surface area contributed by atoms with Gasteiger partial charge in [-0.25, -0.2) is 4.98 Å². The van der Waals surface area contributed by atoms with Gasteiger partial charge in [0.25, 0.3) is 5.91 Å². The van der Waals surface area contributed by atoms with E-state index in [4.69, 9.17) is 15.2 Å². The van der Waals surface area contributed by atoms with Crippen LogP contribution in [0.3, 0.4) is 0 Å². The molecule has 1 amide bonds. The van der Waals surface area contributed by atoms with E-state index in [0.29, 0.717) is 23.1 Å². The summed E-state index contributed by atoms with van der Waals surface area (Å²) in [6, 6.07) is 5.82. The molecule has 2 aliphatic rings. The van der Waals surface area contributed by atoms with Gasteiger partial charge in [-0.05, 0) is 37.0 Å². The summed E-state index contributed by atoms with van der Waals surface area (Å²) in [5.41, 5.74) is 6.84. The lowest BCUT2D eigenvalue weighted by molar-refractivity contribution is 0.0537. The summed E-state index contributed by atoms with van der Waals surface area (Å²) in [6.07, 6.45) is 3.81. The molecule has 132 valence electrons. The van der Waals surface area contributed by atoms with Crippen molar-refractivity contribution in [2.75, 3.05) is 19.9 Å². The van der Waals surface area contributed by atoms with Crippen molar-refractivity contribution in [2.45, 2.75) is 25.8 Å². The molecular formula is C18H21N3O3S. The highest BCUT2D eigenvalue weighted by atomic mass is 32.1. The second-order valence-electron chi connectivity index (χ2n) is 6.52. The van der Waals surface area contributed by atoms with Crippen LogP contribution in [0.25, 0.3) is 10.6 Å². The molecule has 2 atom stereocenters. The van der Waals surface area contributed by atoms with E-state index in [2.05, 4.69) is 11.9 Å². The Labute approximate surface area is 150 Å². The number of amides is 1. The number of nitrogens with two attached hydrogens (primary N) is 1. The van der Waals surface area contributed by atoms with Crippen molar-refractivity contribution >= 4 is 17.2 Å². The molecule has 2 aliphatic heterocycles. The topological polar surface area (TPSA) is 77.7 Å². The summed E-state index contributed by atoms with van der Waals surface area (Å²) < 4.78 is 10.8. The Balaban J connectivity index is 1.57. The summed E-state index contributed by atoms with van der Waals surface area (Å²) in [4.78, 5) is 20.0. The molecule has 25 heavy (non-hydrogen) atoms. The number of ether oxygens (including phenoxy) is 2. The number of aromatic nitrogens is 1. The first-order valence-corrected chi connectivity index (χ1v) is 9.36. The Morgan fingerprint density at radius 1 is 1.40 bits per heavy atom. The fourth-order valence-electron chi connectivity index (χ4n) is 3.54. The Morgan fingerprint density at radius 2 is 2.24 bits per heavy atom. The fourth-order valence-corrected chi connectivity index (χ4v) is 4.41. The van der Waals surface area contributed by atoms with E-state index in [1.165, 1.54) is 11.3 Å². The van der Waals surface area contributed by atoms with Gasteiger partial charge in [-0.2, -0.15) is 0 Å². The summed E-state index contributed by atoms with van der Waals surface area (Å²) in [7, 11) is 0. The van der Waals surface area contributed by atoms with E-state index >= 15 is 0 Å². The predicted molar refractivity (Wildman–Crippen MR) is 95.9 cm³/mol. The molecular weight excluding hydrogens is 338 g/mol. The minimum Gasteiger partial charge on any atom is -0.454 e. The zero-order valence-corrected chi connectivity index (χ0v) is 14.9. The van der Waals surface area contributed by atoms with Crippen molar-refractivity contribution in [1.82, 2.24) is 9.88 Å². The van der Waals surface area contributed by atoms with Crippen LogP contribution in [-0.2, 0) is 0 Å². The lowest BCUT2D eigenvalue weighted by atomic mass is 9.90. The van der Waals surface area contributed by atoms with E-state index in [1.54, 1.807) is 6.20 Å². The van der Waals surface area contributed by atoms with Crippen molar-refractivity contribution in [3.8, 4) is 22.1 Å². The van der Waals surface area contributed by atoms with Crippen molar-refractivity contribution < 1.29 is 14.3 Å². The third kappa shape index (κ3) is 2.98. The summed E-state index contributed by atoms with van der Waals surface area (Å²) in [5.74, 6) is 1.92. The predicted octanol–water partition coefficient (Wildman–Crippen LogP) is 2.74. The molecule has 0 saturated carbocycles. The highest BCUT2D eigenvalue weighted by molar-refractivity contribution is 7.16. The number of hydrogen-bond acceptors (Lipinski definition) is 6. The second-order valence-corrected chi connectivity index (χ2v) is 7.55. The first kappa shape index (κ1) is 16.4. The third-order valence-electron chi connectivity index (χ3n) is 4.95. The van der Waals surface area contributed by atoms with Gasteiger partial charge in [0.1, 0.15) is 9.88 Å². The van der Waals surface area contributed by atoms with Gasteiger partial charge in [0, 0.05) is 24.7 Å². The molecule has 0 aliphatic carbocycles. The zero-order chi connectivity index (χ0) is 17.4. The van der Waals surface area contributed by atoms with Crippen LogP contribution in [0.15, 0.2) is 24.4 Å². The monoisotopic (exact) mass is 359 g/mol. The van der Waals surface area contributed by atoms with Gasteiger partial charge in [0.2, 0.25) is 6.79 Å². The summed E-state index contributed by atoms with van der Waals surface area (Å²) in [5, 5.41) is 0.802. The van der Waals surface area contributed by atoms with Crippen LogP contribution in [-0.4, -0.2) is 41.7 Å². The zero-order valence-electron chi connectivity index (χ0n) is 14.1. The number of piperidine rings is 1. The summed E-state index contributed by atoms with van der Waals surface area (Å²) >= 11 is 1.41. The minimum atomic E-state index is 0.0338. The smallest absolute Gasteiger partial charge is 0.265 e. The summed E-state index contributed by atoms with van der Waals surface area (Å²) in [6.45, 7) is 3.68. The number of carbonyl (C=O) groups is 1. The molecule has 1 aromatic carbocycles. The average molecular weight is 359 g/mol. The molecule has 3 heterocycles. The van der Waals surface area contributed by atoms with Gasteiger partial charge in [0.05, 0.1) is 6.20 Å².